The van der Waals surface area contributed by atoms with Gasteiger partial charge in [-0.15, -0.1) is 0 Å². The highest BCUT2D eigenvalue weighted by Gasteiger charge is 2.25. The van der Waals surface area contributed by atoms with Crippen LogP contribution in [-0.4, -0.2) is 66.4 Å². The zero-order valence-corrected chi connectivity index (χ0v) is 20.7. The maximum absolute atomic E-state index is 12.4. The number of hydrogen-bond donors (Lipinski definition) is 7. The predicted octanol–water partition coefficient (Wildman–Crippen LogP) is 1.23. The number of hydroxylamine groups is 1. The highest BCUT2D eigenvalue weighted by Crippen LogP contribution is 2.11. The van der Waals surface area contributed by atoms with E-state index in [-0.39, 0.29) is 25.4 Å². The molecule has 10 nitrogen and oxygen atoms in total. The minimum atomic E-state index is -1.29. The Labute approximate surface area is 223 Å². The largest absolute Gasteiger partial charge is 0.391 e. The average molecular weight is 524 g/mol. The molecule has 0 aromatic heterocycles. The van der Waals surface area contributed by atoms with Crippen molar-refractivity contribution < 1.29 is 24.7 Å². The maximum Gasteiger partial charge on any atom is 0.268 e. The second-order valence-corrected chi connectivity index (χ2v) is 8.96. The van der Waals surface area contributed by atoms with Crippen molar-refractivity contribution in [3.63, 3.8) is 0 Å². The standard InChI is InChI=1S/C27H33N5O5.CH4/c1-18(33)25(27(36)32-37)31-26(35)22-10-6-19(7-11-22)4-5-20-8-12-23(13-9-20)30-24(34)17-29-16-21-3-2-14-28-15-21;/h6-13,18,21,25,28-29,33,37H,2-3,14-17H2,1H3,(H,30,34)(H,31,35)(H,32,36);1H4/t18-,21?,25+;/m1./s1. The van der Waals surface area contributed by atoms with Crippen LogP contribution >= 0.6 is 0 Å². The molecule has 3 atom stereocenters. The molecule has 10 heteroatoms. The van der Waals surface area contributed by atoms with E-state index in [9.17, 15) is 19.5 Å². The number of hydrogen-bond acceptors (Lipinski definition) is 7. The van der Waals surface area contributed by atoms with Crippen LogP contribution in [0.25, 0.3) is 0 Å². The highest BCUT2D eigenvalue weighted by molar-refractivity contribution is 5.97. The summed E-state index contributed by atoms with van der Waals surface area (Å²) in [6.45, 7) is 4.48. The smallest absolute Gasteiger partial charge is 0.268 e. The highest BCUT2D eigenvalue weighted by atomic mass is 16.5. The third-order valence-electron chi connectivity index (χ3n) is 5.95. The minimum absolute atomic E-state index is 0. The molecule has 1 heterocycles. The molecule has 1 unspecified atom stereocenters. The Morgan fingerprint density at radius 2 is 1.68 bits per heavy atom. The number of aliphatic hydroxyl groups excluding tert-OH is 1. The average Bonchev–Trinajstić information content (AvgIpc) is 2.91. The van der Waals surface area contributed by atoms with Crippen LogP contribution in [0.15, 0.2) is 48.5 Å². The molecule has 3 amide bonds. The van der Waals surface area contributed by atoms with Crippen molar-refractivity contribution in [3.05, 3.63) is 65.2 Å². The summed E-state index contributed by atoms with van der Waals surface area (Å²) in [6.07, 6.45) is 1.16. The number of piperidine rings is 1. The molecule has 0 bridgehead atoms. The van der Waals surface area contributed by atoms with Crippen molar-refractivity contribution >= 4 is 23.4 Å². The first-order valence-electron chi connectivity index (χ1n) is 12.2. The third-order valence-corrected chi connectivity index (χ3v) is 5.95. The lowest BCUT2D eigenvalue weighted by Gasteiger charge is -2.22. The van der Waals surface area contributed by atoms with E-state index in [1.54, 1.807) is 36.4 Å². The van der Waals surface area contributed by atoms with Gasteiger partial charge in [0.2, 0.25) is 5.91 Å². The van der Waals surface area contributed by atoms with Crippen LogP contribution in [0.2, 0.25) is 0 Å². The van der Waals surface area contributed by atoms with Gasteiger partial charge in [-0.2, -0.15) is 0 Å². The summed E-state index contributed by atoms with van der Waals surface area (Å²) in [6, 6.07) is 12.3. The van der Waals surface area contributed by atoms with Crippen molar-refractivity contribution in [3.8, 4) is 11.8 Å². The monoisotopic (exact) mass is 523 g/mol. The van der Waals surface area contributed by atoms with Crippen LogP contribution in [0, 0.1) is 17.8 Å². The molecule has 2 aromatic carbocycles. The number of anilines is 1. The molecular weight excluding hydrogens is 486 g/mol. The van der Waals surface area contributed by atoms with Gasteiger partial charge in [-0.05, 0) is 93.8 Å². The maximum atomic E-state index is 12.4. The fourth-order valence-corrected chi connectivity index (χ4v) is 3.88. The minimum Gasteiger partial charge on any atom is -0.391 e. The zero-order chi connectivity index (χ0) is 26.6. The van der Waals surface area contributed by atoms with Crippen LogP contribution in [0.3, 0.4) is 0 Å². The van der Waals surface area contributed by atoms with Crippen LogP contribution < -0.4 is 26.7 Å². The Hall–Kier alpha value is -3.75. The van der Waals surface area contributed by atoms with Gasteiger partial charge < -0.3 is 26.4 Å². The van der Waals surface area contributed by atoms with Gasteiger partial charge in [0, 0.05) is 22.4 Å². The number of carbonyl (C=O) groups excluding carboxylic acids is 3. The van der Waals surface area contributed by atoms with Crippen molar-refractivity contribution in [1.82, 2.24) is 21.4 Å². The van der Waals surface area contributed by atoms with Crippen molar-refractivity contribution in [2.24, 2.45) is 5.92 Å². The lowest BCUT2D eigenvalue weighted by Crippen LogP contribution is -2.51. The summed E-state index contributed by atoms with van der Waals surface area (Å²) >= 11 is 0. The lowest BCUT2D eigenvalue weighted by atomic mass is 10.00. The normalized spacial score (nSPS) is 16.0. The van der Waals surface area contributed by atoms with E-state index in [1.165, 1.54) is 25.2 Å². The summed E-state index contributed by atoms with van der Waals surface area (Å²) in [5, 5.41) is 30.2. The van der Waals surface area contributed by atoms with E-state index in [0.29, 0.717) is 17.2 Å². The van der Waals surface area contributed by atoms with Crippen LogP contribution in [0.1, 0.15) is 48.7 Å². The SMILES string of the molecule is C.C[C@@H](O)[C@H](NC(=O)c1ccc(C#Cc2ccc(NC(=O)CNCC3CCCNC3)cc2)cc1)C(=O)NO. The third kappa shape index (κ3) is 9.61. The number of amides is 3. The number of benzene rings is 2. The molecule has 1 aliphatic heterocycles. The number of carbonyl (C=O) groups is 3. The molecule has 1 fully saturated rings. The van der Waals surface area contributed by atoms with Crippen LogP contribution in [0.5, 0.6) is 0 Å². The molecule has 3 rings (SSSR count). The number of nitrogens with one attached hydrogen (secondary N) is 5. The second-order valence-electron chi connectivity index (χ2n) is 8.96. The molecular formula is C28H37N5O5. The Balaban J connectivity index is 0.00000507. The molecule has 0 saturated carbocycles. The van der Waals surface area contributed by atoms with Gasteiger partial charge >= 0.3 is 0 Å². The van der Waals surface area contributed by atoms with Gasteiger partial charge in [0.1, 0.15) is 6.04 Å². The van der Waals surface area contributed by atoms with Crippen molar-refractivity contribution in [1.29, 1.82) is 0 Å². The molecule has 38 heavy (non-hydrogen) atoms. The van der Waals surface area contributed by atoms with Crippen molar-refractivity contribution in [2.45, 2.75) is 39.3 Å². The van der Waals surface area contributed by atoms with E-state index < -0.39 is 24.0 Å². The topological polar surface area (TPSA) is 152 Å². The molecule has 204 valence electrons. The van der Waals surface area contributed by atoms with Gasteiger partial charge in [-0.3, -0.25) is 19.6 Å². The zero-order valence-electron chi connectivity index (χ0n) is 20.7. The van der Waals surface area contributed by atoms with Gasteiger partial charge in [0.25, 0.3) is 11.8 Å². The predicted molar refractivity (Wildman–Crippen MR) is 146 cm³/mol. The molecule has 1 aliphatic rings. The summed E-state index contributed by atoms with van der Waals surface area (Å²) in [5.74, 6) is 5.03. The fourth-order valence-electron chi connectivity index (χ4n) is 3.88. The molecule has 0 spiro atoms. The lowest BCUT2D eigenvalue weighted by molar-refractivity contribution is -0.133. The molecule has 7 N–H and O–H groups in total. The van der Waals surface area contributed by atoms with E-state index in [2.05, 4.69) is 33.1 Å². The number of rotatable bonds is 9. The molecule has 0 radical (unpaired) electrons. The first-order valence-corrected chi connectivity index (χ1v) is 12.2. The van der Waals surface area contributed by atoms with Crippen LogP contribution in [-0.2, 0) is 9.59 Å². The summed E-state index contributed by atoms with van der Waals surface area (Å²) < 4.78 is 0. The first-order chi connectivity index (χ1) is 17.9. The van der Waals surface area contributed by atoms with E-state index in [4.69, 9.17) is 5.21 Å². The van der Waals surface area contributed by atoms with E-state index in [0.717, 1.165) is 25.2 Å². The van der Waals surface area contributed by atoms with Gasteiger partial charge in [0.15, 0.2) is 0 Å². The van der Waals surface area contributed by atoms with Gasteiger partial charge in [0.05, 0.1) is 12.6 Å². The summed E-state index contributed by atoms with van der Waals surface area (Å²) in [7, 11) is 0. The fraction of sp³-hybridized carbons (Fsp3) is 0.393. The summed E-state index contributed by atoms with van der Waals surface area (Å²) in [4.78, 5) is 36.1. The Morgan fingerprint density at radius 1 is 1.05 bits per heavy atom. The Bertz CT molecular complexity index is 1120. The molecule has 2 aromatic rings. The van der Waals surface area contributed by atoms with E-state index >= 15 is 0 Å². The molecule has 1 saturated heterocycles. The molecule has 0 aliphatic carbocycles. The first kappa shape index (κ1) is 30.5. The second kappa shape index (κ2) is 15.5. The van der Waals surface area contributed by atoms with Gasteiger partial charge in [-0.1, -0.05) is 19.3 Å². The number of aliphatic hydroxyl groups is 1. The van der Waals surface area contributed by atoms with E-state index in [1.807, 2.05) is 12.1 Å². The Morgan fingerprint density at radius 3 is 2.24 bits per heavy atom. The van der Waals surface area contributed by atoms with Gasteiger partial charge in [-0.25, -0.2) is 5.48 Å². The van der Waals surface area contributed by atoms with Crippen LogP contribution in [0.4, 0.5) is 5.69 Å². The summed E-state index contributed by atoms with van der Waals surface area (Å²) in [5.41, 5.74) is 3.82. The Kier molecular flexibility index (Phi) is 12.4. The van der Waals surface area contributed by atoms with Crippen molar-refractivity contribution in [2.75, 3.05) is 31.5 Å². The quantitative estimate of drug-likeness (QED) is 0.148.